The van der Waals surface area contributed by atoms with Crippen molar-refractivity contribution in [3.05, 3.63) is 36.5 Å². The molecule has 0 spiro atoms. The van der Waals surface area contributed by atoms with Crippen molar-refractivity contribution >= 4 is 26.8 Å². The number of benzene rings is 1. The van der Waals surface area contributed by atoms with Gasteiger partial charge in [-0.3, -0.25) is 4.98 Å². The Bertz CT molecular complexity index is 880. The topological polar surface area (TPSA) is 88.6 Å². The molecule has 1 unspecified atom stereocenters. The molecule has 2 aromatic rings. The summed E-state index contributed by atoms with van der Waals surface area (Å²) in [4.78, 5) is 18.3. The normalized spacial score (nSPS) is 18.6. The molecule has 1 N–H and O–H groups in total. The Hall–Kier alpha value is -2.35. The molecule has 26 heavy (non-hydrogen) atoms. The van der Waals surface area contributed by atoms with E-state index in [4.69, 9.17) is 4.74 Å². The maximum absolute atomic E-state index is 12.3. The monoisotopic (exact) mass is 377 g/mol. The molecule has 3 rings (SSSR count). The van der Waals surface area contributed by atoms with Gasteiger partial charge in [0.2, 0.25) is 0 Å². The number of carbonyl (C=O) groups is 1. The number of fused-ring (bicyclic) bond motifs is 1. The van der Waals surface area contributed by atoms with E-state index in [2.05, 4.69) is 10.3 Å². The van der Waals surface area contributed by atoms with E-state index in [1.807, 2.05) is 37.3 Å². The Kier molecular flexibility index (Phi) is 5.61. The van der Waals surface area contributed by atoms with Crippen LogP contribution >= 0.6 is 0 Å². The summed E-state index contributed by atoms with van der Waals surface area (Å²) in [6, 6.07) is 9.05. The van der Waals surface area contributed by atoms with Gasteiger partial charge in [-0.15, -0.1) is 0 Å². The average molecular weight is 377 g/mol. The second-order valence-corrected chi connectivity index (χ2v) is 8.48. The van der Waals surface area contributed by atoms with Crippen LogP contribution in [0.15, 0.2) is 36.5 Å². The maximum Gasteiger partial charge on any atom is 0.317 e. The van der Waals surface area contributed by atoms with Crippen molar-refractivity contribution in [2.24, 2.45) is 0 Å². The second-order valence-electron chi connectivity index (χ2n) is 6.25. The summed E-state index contributed by atoms with van der Waals surface area (Å²) in [6.45, 7) is 2.96. The highest BCUT2D eigenvalue weighted by Crippen LogP contribution is 2.22. The third-order valence-electron chi connectivity index (χ3n) is 4.48. The summed E-state index contributed by atoms with van der Waals surface area (Å²) in [7, 11) is -3.02. The summed E-state index contributed by atoms with van der Waals surface area (Å²) >= 11 is 0. The van der Waals surface area contributed by atoms with Gasteiger partial charge in [-0.1, -0.05) is 18.2 Å². The number of ether oxygens (including phenoxy) is 1. The molecule has 0 bridgehead atoms. The van der Waals surface area contributed by atoms with Crippen LogP contribution in [0.2, 0.25) is 0 Å². The van der Waals surface area contributed by atoms with Crippen LogP contribution in [0.4, 0.5) is 4.79 Å². The van der Waals surface area contributed by atoms with Crippen LogP contribution in [0, 0.1) is 0 Å². The van der Waals surface area contributed by atoms with Gasteiger partial charge in [0.1, 0.15) is 17.9 Å². The highest BCUT2D eigenvalue weighted by Gasteiger charge is 2.33. The van der Waals surface area contributed by atoms with Crippen molar-refractivity contribution < 1.29 is 17.9 Å². The van der Waals surface area contributed by atoms with Gasteiger partial charge in [0, 0.05) is 24.2 Å². The summed E-state index contributed by atoms with van der Waals surface area (Å²) < 4.78 is 29.0. The number of amides is 2. The first-order chi connectivity index (χ1) is 12.5. The molecular formula is C18H23N3O4S. The number of sulfone groups is 1. The minimum absolute atomic E-state index is 0.0480. The largest absolute Gasteiger partial charge is 0.489 e. The number of urea groups is 1. The van der Waals surface area contributed by atoms with Crippen molar-refractivity contribution in [2.75, 3.05) is 31.2 Å². The lowest BCUT2D eigenvalue weighted by Crippen LogP contribution is -2.47. The van der Waals surface area contributed by atoms with E-state index >= 15 is 0 Å². The number of nitrogens with one attached hydrogen (secondary N) is 1. The number of nitrogens with zero attached hydrogens (tertiary/aromatic N) is 2. The number of hydrogen-bond acceptors (Lipinski definition) is 5. The Labute approximate surface area is 153 Å². The molecular weight excluding hydrogens is 354 g/mol. The van der Waals surface area contributed by atoms with E-state index in [0.29, 0.717) is 31.9 Å². The Morgan fingerprint density at radius 1 is 1.35 bits per heavy atom. The van der Waals surface area contributed by atoms with Gasteiger partial charge in [-0.25, -0.2) is 13.2 Å². The van der Waals surface area contributed by atoms with E-state index in [-0.39, 0.29) is 23.6 Å². The summed E-state index contributed by atoms with van der Waals surface area (Å²) in [5, 5.41) is 3.80. The third kappa shape index (κ3) is 4.24. The lowest BCUT2D eigenvalue weighted by molar-refractivity contribution is 0.181. The van der Waals surface area contributed by atoms with Crippen LogP contribution in [0.1, 0.15) is 13.3 Å². The predicted octanol–water partition coefficient (Wildman–Crippen LogP) is 1.83. The second kappa shape index (κ2) is 7.90. The molecule has 1 saturated heterocycles. The van der Waals surface area contributed by atoms with Gasteiger partial charge in [-0.2, -0.15) is 0 Å². The molecule has 1 fully saturated rings. The lowest BCUT2D eigenvalue weighted by Gasteiger charge is -2.27. The molecule has 7 nitrogen and oxygen atoms in total. The molecule has 2 heterocycles. The Morgan fingerprint density at radius 3 is 2.88 bits per heavy atom. The quantitative estimate of drug-likeness (QED) is 0.776. The molecule has 1 aliphatic heterocycles. The minimum atomic E-state index is -3.02. The fourth-order valence-corrected chi connectivity index (χ4v) is 4.93. The van der Waals surface area contributed by atoms with Crippen molar-refractivity contribution in [3.63, 3.8) is 0 Å². The van der Waals surface area contributed by atoms with Crippen molar-refractivity contribution in [2.45, 2.75) is 19.4 Å². The van der Waals surface area contributed by atoms with E-state index < -0.39 is 9.84 Å². The van der Waals surface area contributed by atoms with Gasteiger partial charge in [0.25, 0.3) is 0 Å². The number of aromatic nitrogens is 1. The fraction of sp³-hybridized carbons (Fsp3) is 0.444. The summed E-state index contributed by atoms with van der Waals surface area (Å²) in [6.07, 6.45) is 2.22. The van der Waals surface area contributed by atoms with Crippen molar-refractivity contribution in [3.8, 4) is 5.75 Å². The van der Waals surface area contributed by atoms with Gasteiger partial charge >= 0.3 is 6.03 Å². The maximum atomic E-state index is 12.3. The Morgan fingerprint density at radius 2 is 2.15 bits per heavy atom. The molecule has 2 amide bonds. The highest BCUT2D eigenvalue weighted by molar-refractivity contribution is 7.91. The van der Waals surface area contributed by atoms with Crippen LogP contribution in [0.3, 0.4) is 0 Å². The van der Waals surface area contributed by atoms with Crippen LogP contribution in [0.5, 0.6) is 5.75 Å². The van der Waals surface area contributed by atoms with Crippen LogP contribution in [0.25, 0.3) is 10.9 Å². The summed E-state index contributed by atoms with van der Waals surface area (Å²) in [5.41, 5.74) is 0.785. The van der Waals surface area contributed by atoms with E-state index in [0.717, 1.165) is 10.9 Å². The zero-order valence-corrected chi connectivity index (χ0v) is 15.5. The van der Waals surface area contributed by atoms with Gasteiger partial charge in [0.05, 0.1) is 18.1 Å². The van der Waals surface area contributed by atoms with Crippen LogP contribution < -0.4 is 10.1 Å². The predicted molar refractivity (Wildman–Crippen MR) is 100 cm³/mol. The standard InChI is InChI=1S/C18H23N3O4S/c1-2-21(15-8-12-26(23,24)13-15)18(22)20-10-11-25-16-7-3-5-14-6-4-9-19-17(14)16/h3-7,9,15H,2,8,10-13H2,1H3,(H,20,22). The van der Waals surface area contributed by atoms with Crippen molar-refractivity contribution in [1.82, 2.24) is 15.2 Å². The lowest BCUT2D eigenvalue weighted by atomic mass is 10.2. The number of rotatable bonds is 6. The van der Waals surface area contributed by atoms with E-state index in [9.17, 15) is 13.2 Å². The van der Waals surface area contributed by atoms with Crippen LogP contribution in [-0.4, -0.2) is 61.6 Å². The average Bonchev–Trinajstić information content (AvgIpc) is 2.99. The van der Waals surface area contributed by atoms with E-state index in [1.54, 1.807) is 11.1 Å². The zero-order valence-electron chi connectivity index (χ0n) is 14.7. The van der Waals surface area contributed by atoms with E-state index in [1.165, 1.54) is 0 Å². The summed E-state index contributed by atoms with van der Waals surface area (Å²) in [5.74, 6) is 0.872. The highest BCUT2D eigenvalue weighted by atomic mass is 32.2. The number of carbonyl (C=O) groups excluding carboxylic acids is 1. The van der Waals surface area contributed by atoms with Gasteiger partial charge in [0.15, 0.2) is 9.84 Å². The SMILES string of the molecule is CCN(C(=O)NCCOc1cccc2cccnc12)C1CCS(=O)(=O)C1. The van der Waals surface area contributed by atoms with Gasteiger partial charge in [-0.05, 0) is 25.5 Å². The molecule has 1 atom stereocenters. The van der Waals surface area contributed by atoms with Crippen molar-refractivity contribution in [1.29, 1.82) is 0 Å². The van der Waals surface area contributed by atoms with Gasteiger partial charge < -0.3 is 15.0 Å². The molecule has 0 saturated carbocycles. The molecule has 1 aromatic heterocycles. The first-order valence-electron chi connectivity index (χ1n) is 8.71. The first-order valence-corrected chi connectivity index (χ1v) is 10.5. The third-order valence-corrected chi connectivity index (χ3v) is 6.23. The van der Waals surface area contributed by atoms with Crippen LogP contribution in [-0.2, 0) is 9.84 Å². The first kappa shape index (κ1) is 18.4. The molecule has 1 aliphatic rings. The molecule has 0 aliphatic carbocycles. The fourth-order valence-electron chi connectivity index (χ4n) is 3.20. The molecule has 1 aromatic carbocycles. The molecule has 140 valence electrons. The smallest absolute Gasteiger partial charge is 0.317 e. The molecule has 8 heteroatoms. The number of hydrogen-bond donors (Lipinski definition) is 1. The Balaban J connectivity index is 1.52. The minimum Gasteiger partial charge on any atom is -0.489 e. The number of para-hydroxylation sites is 1. The number of pyridine rings is 1. The zero-order chi connectivity index (χ0) is 18.6. The molecule has 0 radical (unpaired) electrons.